The first-order valence-corrected chi connectivity index (χ1v) is 9.48. The molecule has 1 aliphatic rings. The van der Waals surface area contributed by atoms with Crippen molar-refractivity contribution in [3.63, 3.8) is 0 Å². The minimum absolute atomic E-state index is 0.0249. The van der Waals surface area contributed by atoms with Gasteiger partial charge in [-0.25, -0.2) is 4.79 Å². The number of nitrogens with one attached hydrogen (secondary N) is 1. The van der Waals surface area contributed by atoms with Crippen LogP contribution in [0.2, 0.25) is 0 Å². The Morgan fingerprint density at radius 2 is 1.89 bits per heavy atom. The van der Waals surface area contributed by atoms with E-state index >= 15 is 0 Å². The van der Waals surface area contributed by atoms with Crippen LogP contribution in [0.4, 0.5) is 4.79 Å². The van der Waals surface area contributed by atoms with Crippen molar-refractivity contribution in [3.05, 3.63) is 42.7 Å². The molecule has 0 bridgehead atoms. The molecule has 1 aromatic heterocycles. The minimum Gasteiger partial charge on any atom is -0.497 e. The smallest absolute Gasteiger partial charge is 0.407 e. The van der Waals surface area contributed by atoms with Gasteiger partial charge < -0.3 is 19.5 Å². The van der Waals surface area contributed by atoms with Crippen LogP contribution in [0.15, 0.2) is 42.7 Å². The lowest BCUT2D eigenvalue weighted by Crippen LogP contribution is -2.37. The Labute approximate surface area is 166 Å². The van der Waals surface area contributed by atoms with Crippen molar-refractivity contribution >= 4 is 6.09 Å². The summed E-state index contributed by atoms with van der Waals surface area (Å²) < 4.78 is 16.6. The highest BCUT2D eigenvalue weighted by molar-refractivity contribution is 5.67. The van der Waals surface area contributed by atoms with E-state index in [9.17, 15) is 4.79 Å². The van der Waals surface area contributed by atoms with Gasteiger partial charge in [0.1, 0.15) is 17.1 Å². The van der Waals surface area contributed by atoms with Crippen molar-refractivity contribution in [2.45, 2.75) is 39.2 Å². The molecule has 0 spiro atoms. The molecule has 6 nitrogen and oxygen atoms in total. The van der Waals surface area contributed by atoms with Gasteiger partial charge in [-0.15, -0.1) is 0 Å². The summed E-state index contributed by atoms with van der Waals surface area (Å²) >= 11 is 0. The van der Waals surface area contributed by atoms with E-state index in [1.54, 1.807) is 19.5 Å². The lowest BCUT2D eigenvalue weighted by molar-refractivity contribution is 0.0509. The molecule has 150 valence electrons. The number of carbonyl (C=O) groups excluding carboxylic acids is 1. The van der Waals surface area contributed by atoms with Crippen LogP contribution in [-0.2, 0) is 4.74 Å². The monoisotopic (exact) mass is 384 g/mol. The van der Waals surface area contributed by atoms with Crippen LogP contribution in [-0.4, -0.2) is 36.9 Å². The summed E-state index contributed by atoms with van der Waals surface area (Å²) in [5, 5.41) is 2.86. The average molecular weight is 384 g/mol. The number of benzene rings is 1. The predicted molar refractivity (Wildman–Crippen MR) is 108 cm³/mol. The third-order valence-electron chi connectivity index (χ3n) is 4.62. The van der Waals surface area contributed by atoms with Gasteiger partial charge in [-0.1, -0.05) is 12.1 Å². The number of ether oxygens (including phenoxy) is 3. The van der Waals surface area contributed by atoms with E-state index in [-0.39, 0.29) is 11.5 Å². The van der Waals surface area contributed by atoms with Gasteiger partial charge in [0, 0.05) is 23.7 Å². The zero-order valence-corrected chi connectivity index (χ0v) is 17.0. The minimum atomic E-state index is -0.497. The van der Waals surface area contributed by atoms with Gasteiger partial charge in [0.25, 0.3) is 0 Å². The van der Waals surface area contributed by atoms with Gasteiger partial charge in [-0.3, -0.25) is 4.98 Å². The maximum absolute atomic E-state index is 11.9. The molecule has 0 aliphatic heterocycles. The standard InChI is InChI=1S/C22H28N2O4/c1-21(2,3)28-20(25)24-14-22(8-9-22)15-27-19-11-17(12-23-13-19)16-6-5-7-18(10-16)26-4/h5-7,10-13H,8-9,14-15H2,1-4H3,(H,24,25). The predicted octanol–water partition coefficient (Wildman–Crippen LogP) is 4.44. The van der Waals surface area contributed by atoms with Crippen LogP contribution in [0.25, 0.3) is 11.1 Å². The zero-order valence-electron chi connectivity index (χ0n) is 17.0. The first-order valence-electron chi connectivity index (χ1n) is 9.48. The van der Waals surface area contributed by atoms with Gasteiger partial charge >= 0.3 is 6.09 Å². The summed E-state index contributed by atoms with van der Waals surface area (Å²) in [6, 6.07) is 9.80. The van der Waals surface area contributed by atoms with Crippen LogP contribution in [0.5, 0.6) is 11.5 Å². The summed E-state index contributed by atoms with van der Waals surface area (Å²) in [5.41, 5.74) is 1.46. The number of nitrogens with zero attached hydrogens (tertiary/aromatic N) is 1. The SMILES string of the molecule is COc1cccc(-c2cncc(OCC3(CNC(=O)OC(C)(C)C)CC3)c2)c1. The Hall–Kier alpha value is -2.76. The molecule has 2 aromatic rings. The lowest BCUT2D eigenvalue weighted by atomic mass is 10.1. The highest BCUT2D eigenvalue weighted by atomic mass is 16.6. The molecule has 0 radical (unpaired) electrons. The molecule has 1 fully saturated rings. The van der Waals surface area contributed by atoms with Crippen molar-refractivity contribution < 1.29 is 19.0 Å². The molecule has 28 heavy (non-hydrogen) atoms. The van der Waals surface area contributed by atoms with Crippen LogP contribution in [0.3, 0.4) is 0 Å². The third kappa shape index (κ3) is 5.62. The van der Waals surface area contributed by atoms with Crippen molar-refractivity contribution in [2.75, 3.05) is 20.3 Å². The number of aromatic nitrogens is 1. The number of rotatable bonds is 7. The maximum atomic E-state index is 11.9. The number of hydrogen-bond acceptors (Lipinski definition) is 5. The van der Waals surface area contributed by atoms with Crippen LogP contribution >= 0.6 is 0 Å². The lowest BCUT2D eigenvalue weighted by Gasteiger charge is -2.22. The van der Waals surface area contributed by atoms with Crippen molar-refractivity contribution in [2.24, 2.45) is 5.41 Å². The van der Waals surface area contributed by atoms with E-state index in [1.807, 2.05) is 51.1 Å². The molecule has 1 aliphatic carbocycles. The Morgan fingerprint density at radius 1 is 1.14 bits per heavy atom. The summed E-state index contributed by atoms with van der Waals surface area (Å²) in [6.07, 6.45) is 5.16. The number of pyridine rings is 1. The third-order valence-corrected chi connectivity index (χ3v) is 4.62. The number of hydrogen-bond donors (Lipinski definition) is 1. The van der Waals surface area contributed by atoms with Crippen molar-refractivity contribution in [1.29, 1.82) is 0 Å². The largest absolute Gasteiger partial charge is 0.497 e. The van der Waals surface area contributed by atoms with E-state index in [2.05, 4.69) is 10.3 Å². The first kappa shape index (κ1) is 20.0. The fourth-order valence-electron chi connectivity index (χ4n) is 2.82. The zero-order chi connectivity index (χ0) is 20.2. The van der Waals surface area contributed by atoms with E-state index in [4.69, 9.17) is 14.2 Å². The maximum Gasteiger partial charge on any atom is 0.407 e. The normalized spacial score (nSPS) is 14.9. The summed E-state index contributed by atoms with van der Waals surface area (Å²) in [6.45, 7) is 6.64. The molecule has 3 rings (SSSR count). The summed E-state index contributed by atoms with van der Waals surface area (Å²) in [4.78, 5) is 16.2. The topological polar surface area (TPSA) is 69.7 Å². The van der Waals surface area contributed by atoms with E-state index in [0.717, 1.165) is 29.7 Å². The molecular weight excluding hydrogens is 356 g/mol. The molecule has 1 amide bonds. The van der Waals surface area contributed by atoms with Gasteiger partial charge in [-0.2, -0.15) is 0 Å². The summed E-state index contributed by atoms with van der Waals surface area (Å²) in [5.74, 6) is 1.51. The number of amides is 1. The number of carbonyl (C=O) groups is 1. The van der Waals surface area contributed by atoms with E-state index < -0.39 is 5.60 Å². The van der Waals surface area contributed by atoms with Gasteiger partial charge in [0.15, 0.2) is 0 Å². The van der Waals surface area contributed by atoms with Crippen LogP contribution in [0, 0.1) is 5.41 Å². The molecule has 1 saturated carbocycles. The molecule has 1 heterocycles. The highest BCUT2D eigenvalue weighted by Gasteiger charge is 2.44. The number of alkyl carbamates (subject to hydrolysis) is 1. The Balaban J connectivity index is 1.57. The number of methoxy groups -OCH3 is 1. The second kappa shape index (κ2) is 8.09. The first-order chi connectivity index (χ1) is 13.3. The van der Waals surface area contributed by atoms with Gasteiger partial charge in [0.05, 0.1) is 19.9 Å². The fraction of sp³-hybridized carbons (Fsp3) is 0.455. The van der Waals surface area contributed by atoms with E-state index in [1.165, 1.54) is 0 Å². The Kier molecular flexibility index (Phi) is 5.77. The second-order valence-corrected chi connectivity index (χ2v) is 8.29. The quantitative estimate of drug-likeness (QED) is 0.764. The van der Waals surface area contributed by atoms with Crippen molar-refractivity contribution in [3.8, 4) is 22.6 Å². The molecule has 1 N–H and O–H groups in total. The second-order valence-electron chi connectivity index (χ2n) is 8.29. The molecule has 0 saturated heterocycles. The average Bonchev–Trinajstić information content (AvgIpc) is 3.44. The Bertz CT molecular complexity index is 825. The Morgan fingerprint density at radius 3 is 2.57 bits per heavy atom. The highest BCUT2D eigenvalue weighted by Crippen LogP contribution is 2.45. The van der Waals surface area contributed by atoms with Crippen LogP contribution in [0.1, 0.15) is 33.6 Å². The van der Waals surface area contributed by atoms with Gasteiger partial charge in [0.2, 0.25) is 0 Å². The van der Waals surface area contributed by atoms with Crippen LogP contribution < -0.4 is 14.8 Å². The molecular formula is C22H28N2O4. The molecule has 6 heteroatoms. The van der Waals surface area contributed by atoms with E-state index in [0.29, 0.717) is 18.9 Å². The van der Waals surface area contributed by atoms with Gasteiger partial charge in [-0.05, 0) is 57.4 Å². The molecule has 0 unspecified atom stereocenters. The molecule has 1 aromatic carbocycles. The fourth-order valence-corrected chi connectivity index (χ4v) is 2.82. The summed E-state index contributed by atoms with van der Waals surface area (Å²) in [7, 11) is 1.65. The molecule has 0 atom stereocenters. The van der Waals surface area contributed by atoms with Crippen molar-refractivity contribution in [1.82, 2.24) is 10.3 Å².